The Morgan fingerprint density at radius 2 is 1.77 bits per heavy atom. The summed E-state index contributed by atoms with van der Waals surface area (Å²) in [5.41, 5.74) is 3.50. The van der Waals surface area contributed by atoms with Crippen molar-refractivity contribution >= 4 is 9.84 Å². The van der Waals surface area contributed by atoms with Gasteiger partial charge in [-0.2, -0.15) is 5.26 Å². The lowest BCUT2D eigenvalue weighted by Crippen LogP contribution is -2.01. The Bertz CT molecular complexity index is 864. The second-order valence-electron chi connectivity index (χ2n) is 4.99. The minimum absolute atomic E-state index is 0.258. The summed E-state index contributed by atoms with van der Waals surface area (Å²) in [5.74, 6) is 0.300. The smallest absolute Gasteiger partial charge is 0.231 e. The molecular formula is C16H16N2O3S. The van der Waals surface area contributed by atoms with Gasteiger partial charge < -0.3 is 4.74 Å². The summed E-state index contributed by atoms with van der Waals surface area (Å²) in [5, 5.41) is 9.29. The lowest BCUT2D eigenvalue weighted by Gasteiger charge is -2.14. The van der Waals surface area contributed by atoms with E-state index in [1.54, 1.807) is 24.3 Å². The highest BCUT2D eigenvalue weighted by atomic mass is 32.2. The van der Waals surface area contributed by atoms with Crippen LogP contribution in [-0.2, 0) is 9.84 Å². The van der Waals surface area contributed by atoms with Gasteiger partial charge >= 0.3 is 0 Å². The minimum Gasteiger partial charge on any atom is -0.480 e. The third-order valence-electron chi connectivity index (χ3n) is 3.47. The van der Waals surface area contributed by atoms with Gasteiger partial charge in [0.2, 0.25) is 5.88 Å². The number of pyridine rings is 1. The van der Waals surface area contributed by atoms with E-state index in [1.165, 1.54) is 13.4 Å². The predicted molar refractivity (Wildman–Crippen MR) is 83.5 cm³/mol. The molecule has 0 amide bonds. The number of sulfone groups is 1. The molecule has 0 unspecified atom stereocenters. The maximum absolute atomic E-state index is 11.5. The zero-order chi connectivity index (χ0) is 16.5. The van der Waals surface area contributed by atoms with Crippen molar-refractivity contribution in [2.45, 2.75) is 18.7 Å². The van der Waals surface area contributed by atoms with Gasteiger partial charge in [0.05, 0.1) is 12.0 Å². The van der Waals surface area contributed by atoms with Crippen LogP contribution in [0.4, 0.5) is 0 Å². The summed E-state index contributed by atoms with van der Waals surface area (Å²) in [7, 11) is -1.76. The molecule has 0 spiro atoms. The van der Waals surface area contributed by atoms with Gasteiger partial charge in [-0.25, -0.2) is 13.4 Å². The van der Waals surface area contributed by atoms with Gasteiger partial charge in [-0.1, -0.05) is 12.1 Å². The first-order chi connectivity index (χ1) is 10.3. The first-order valence-electron chi connectivity index (χ1n) is 6.55. The number of benzene rings is 1. The quantitative estimate of drug-likeness (QED) is 0.869. The number of hydrogen-bond acceptors (Lipinski definition) is 5. The maximum Gasteiger partial charge on any atom is 0.231 e. The van der Waals surface area contributed by atoms with Crippen LogP contribution in [0.15, 0.2) is 29.2 Å². The van der Waals surface area contributed by atoms with Crippen LogP contribution in [0.3, 0.4) is 0 Å². The molecular weight excluding hydrogens is 300 g/mol. The number of hydrogen-bond donors (Lipinski definition) is 0. The SMILES string of the molecule is COc1nc(C)c(-c2ccc(S(C)(=O)=O)cc2)c(C)c1C#N. The minimum atomic E-state index is -3.23. The number of aryl methyl sites for hydroxylation is 1. The van der Waals surface area contributed by atoms with Crippen LogP contribution in [0.5, 0.6) is 5.88 Å². The monoisotopic (exact) mass is 316 g/mol. The summed E-state index contributed by atoms with van der Waals surface area (Å²) in [6, 6.07) is 8.66. The van der Waals surface area contributed by atoms with Crippen LogP contribution in [0.25, 0.3) is 11.1 Å². The van der Waals surface area contributed by atoms with Crippen molar-refractivity contribution in [3.8, 4) is 23.1 Å². The van der Waals surface area contributed by atoms with E-state index >= 15 is 0 Å². The molecule has 114 valence electrons. The molecule has 0 radical (unpaired) electrons. The highest BCUT2D eigenvalue weighted by molar-refractivity contribution is 7.90. The van der Waals surface area contributed by atoms with Gasteiger partial charge in [0.25, 0.3) is 0 Å². The van der Waals surface area contributed by atoms with E-state index in [4.69, 9.17) is 4.74 Å². The Labute approximate surface area is 130 Å². The molecule has 22 heavy (non-hydrogen) atoms. The van der Waals surface area contributed by atoms with Gasteiger partial charge in [0.1, 0.15) is 11.6 Å². The second kappa shape index (κ2) is 5.78. The van der Waals surface area contributed by atoms with E-state index in [2.05, 4.69) is 11.1 Å². The van der Waals surface area contributed by atoms with Crippen LogP contribution in [0, 0.1) is 25.2 Å². The number of aromatic nitrogens is 1. The molecule has 0 fully saturated rings. The molecule has 1 aromatic heterocycles. The Hall–Kier alpha value is -2.39. The topological polar surface area (TPSA) is 80.0 Å². The Morgan fingerprint density at radius 1 is 1.18 bits per heavy atom. The van der Waals surface area contributed by atoms with Crippen molar-refractivity contribution in [3.05, 3.63) is 41.1 Å². The molecule has 0 N–H and O–H groups in total. The summed E-state index contributed by atoms with van der Waals surface area (Å²) in [4.78, 5) is 4.57. The largest absolute Gasteiger partial charge is 0.480 e. The molecule has 0 saturated heterocycles. The summed E-state index contributed by atoms with van der Waals surface area (Å²) < 4.78 is 28.2. The molecule has 0 aliphatic carbocycles. The van der Waals surface area contributed by atoms with Crippen LogP contribution >= 0.6 is 0 Å². The van der Waals surface area contributed by atoms with Crippen LogP contribution in [-0.4, -0.2) is 26.8 Å². The number of methoxy groups -OCH3 is 1. The van der Waals surface area contributed by atoms with Crippen molar-refractivity contribution in [1.82, 2.24) is 4.98 Å². The standard InChI is InChI=1S/C16H16N2O3S/c1-10-14(9-17)16(21-3)18-11(2)15(10)12-5-7-13(8-6-12)22(4,19)20/h5-8H,1-4H3. The first kappa shape index (κ1) is 16.0. The first-order valence-corrected chi connectivity index (χ1v) is 8.44. The van der Waals surface area contributed by atoms with Gasteiger partial charge in [-0.15, -0.1) is 0 Å². The molecule has 0 aliphatic heterocycles. The third-order valence-corrected chi connectivity index (χ3v) is 4.60. The third kappa shape index (κ3) is 2.81. The lowest BCUT2D eigenvalue weighted by molar-refractivity contribution is 0.395. The molecule has 6 heteroatoms. The molecule has 1 heterocycles. The van der Waals surface area contributed by atoms with Crippen LogP contribution in [0.2, 0.25) is 0 Å². The van der Waals surface area contributed by atoms with Crippen molar-refractivity contribution in [2.75, 3.05) is 13.4 Å². The fourth-order valence-corrected chi connectivity index (χ4v) is 3.02. The van der Waals surface area contributed by atoms with E-state index in [0.717, 1.165) is 22.4 Å². The molecule has 0 saturated carbocycles. The highest BCUT2D eigenvalue weighted by Crippen LogP contribution is 2.32. The molecule has 0 atom stereocenters. The zero-order valence-electron chi connectivity index (χ0n) is 12.8. The van der Waals surface area contributed by atoms with Crippen LogP contribution < -0.4 is 4.74 Å². The summed E-state index contributed by atoms with van der Waals surface area (Å²) in [6.45, 7) is 3.66. The van der Waals surface area contributed by atoms with Crippen molar-refractivity contribution in [2.24, 2.45) is 0 Å². The van der Waals surface area contributed by atoms with E-state index in [0.29, 0.717) is 11.4 Å². The summed E-state index contributed by atoms with van der Waals surface area (Å²) >= 11 is 0. The van der Waals surface area contributed by atoms with E-state index in [1.807, 2.05) is 13.8 Å². The molecule has 0 aliphatic rings. The van der Waals surface area contributed by atoms with Gasteiger partial charge in [0, 0.05) is 17.5 Å². The maximum atomic E-state index is 11.5. The number of rotatable bonds is 3. The number of nitriles is 1. The second-order valence-corrected chi connectivity index (χ2v) is 7.01. The lowest BCUT2D eigenvalue weighted by atomic mass is 9.96. The zero-order valence-corrected chi connectivity index (χ0v) is 13.7. The fraction of sp³-hybridized carbons (Fsp3) is 0.250. The van der Waals surface area contributed by atoms with E-state index in [-0.39, 0.29) is 4.90 Å². The Balaban J connectivity index is 2.66. The summed E-state index contributed by atoms with van der Waals surface area (Å²) in [6.07, 6.45) is 1.17. The fourth-order valence-electron chi connectivity index (χ4n) is 2.39. The van der Waals surface area contributed by atoms with Crippen molar-refractivity contribution in [1.29, 1.82) is 5.26 Å². The average Bonchev–Trinajstić information content (AvgIpc) is 2.46. The van der Waals surface area contributed by atoms with E-state index < -0.39 is 9.84 Å². The molecule has 0 bridgehead atoms. The van der Waals surface area contributed by atoms with Crippen molar-refractivity contribution < 1.29 is 13.2 Å². The Kier molecular flexibility index (Phi) is 4.20. The average molecular weight is 316 g/mol. The highest BCUT2D eigenvalue weighted by Gasteiger charge is 2.17. The molecule has 5 nitrogen and oxygen atoms in total. The Morgan fingerprint density at radius 3 is 2.23 bits per heavy atom. The van der Waals surface area contributed by atoms with Crippen molar-refractivity contribution in [3.63, 3.8) is 0 Å². The number of nitrogens with zero attached hydrogens (tertiary/aromatic N) is 2. The predicted octanol–water partition coefficient (Wildman–Crippen LogP) is 2.65. The van der Waals surface area contributed by atoms with Gasteiger partial charge in [-0.3, -0.25) is 0 Å². The van der Waals surface area contributed by atoms with Gasteiger partial charge in [-0.05, 0) is 37.1 Å². The molecule has 1 aromatic carbocycles. The molecule has 2 aromatic rings. The van der Waals surface area contributed by atoms with E-state index in [9.17, 15) is 13.7 Å². The normalized spacial score (nSPS) is 11.0. The molecule has 2 rings (SSSR count). The number of ether oxygens (including phenoxy) is 1. The van der Waals surface area contributed by atoms with Gasteiger partial charge in [0.15, 0.2) is 9.84 Å². The van der Waals surface area contributed by atoms with Crippen LogP contribution in [0.1, 0.15) is 16.8 Å².